The van der Waals surface area contributed by atoms with Crippen molar-refractivity contribution >= 4 is 17.9 Å². The van der Waals surface area contributed by atoms with Crippen LogP contribution in [-0.2, 0) is 0 Å². The number of rotatable bonds is 0. The maximum atomic E-state index is 9.11. The molecule has 0 radical (unpaired) electrons. The van der Waals surface area contributed by atoms with Gasteiger partial charge in [-0.1, -0.05) is 0 Å². The van der Waals surface area contributed by atoms with E-state index in [1.165, 1.54) is 0 Å². The van der Waals surface area contributed by atoms with Gasteiger partial charge in [-0.2, -0.15) is 0 Å². The summed E-state index contributed by atoms with van der Waals surface area (Å²) >= 11 is -8.68. The molecular weight excluding hydrogens is 224 g/mol. The molecular formula is H4O6Te-2. The van der Waals surface area contributed by atoms with Crippen molar-refractivity contribution < 1.29 is 20.8 Å². The summed E-state index contributed by atoms with van der Waals surface area (Å²) in [6.45, 7) is 0. The van der Waals surface area contributed by atoms with Crippen LogP contribution in [-0.4, -0.2) is 31.8 Å². The van der Waals surface area contributed by atoms with Crippen LogP contribution in [0, 0.1) is 0 Å². The van der Waals surface area contributed by atoms with Crippen LogP contribution in [0.25, 0.3) is 0 Å². The Hall–Kier alpha value is 0.550. The molecule has 0 aromatic carbocycles. The summed E-state index contributed by atoms with van der Waals surface area (Å²) in [5.74, 6) is 0. The van der Waals surface area contributed by atoms with E-state index in [2.05, 4.69) is 0 Å². The van der Waals surface area contributed by atoms with Gasteiger partial charge >= 0.3 is 38.7 Å². The molecule has 0 rings (SSSR count). The first kappa shape index (κ1) is 7.55. The zero-order valence-electron chi connectivity index (χ0n) is 3.01. The molecule has 48 valence electrons. The molecule has 0 aromatic heterocycles. The summed E-state index contributed by atoms with van der Waals surface area (Å²) in [5, 5.41) is 0. The van der Waals surface area contributed by atoms with Gasteiger partial charge in [-0.25, -0.2) is 0 Å². The van der Waals surface area contributed by atoms with E-state index in [0.717, 1.165) is 0 Å². The van der Waals surface area contributed by atoms with Crippen LogP contribution in [0.1, 0.15) is 0 Å². The monoisotopic (exact) mass is 230 g/mol. The number of hydrogen-bond acceptors (Lipinski definition) is 6. The Kier molecular flexibility index (Phi) is 0.900. The molecule has 7 heavy (non-hydrogen) atoms. The fourth-order valence-electron chi connectivity index (χ4n) is 0. The second-order valence-corrected chi connectivity index (χ2v) is 7.74. The average molecular weight is 228 g/mol. The predicted molar refractivity (Wildman–Crippen MR) is 14.6 cm³/mol. The van der Waals surface area contributed by atoms with Gasteiger partial charge in [-0.05, 0) is 0 Å². The van der Waals surface area contributed by atoms with E-state index in [0.29, 0.717) is 0 Å². The molecule has 0 aliphatic carbocycles. The van der Waals surface area contributed by atoms with Crippen molar-refractivity contribution in [2.45, 2.75) is 0 Å². The molecule has 0 bridgehead atoms. The van der Waals surface area contributed by atoms with E-state index in [9.17, 15) is 0 Å². The molecule has 0 aromatic rings. The van der Waals surface area contributed by atoms with Gasteiger partial charge in [0.15, 0.2) is 0 Å². The van der Waals surface area contributed by atoms with Gasteiger partial charge < -0.3 is 0 Å². The molecule has 7 heteroatoms. The van der Waals surface area contributed by atoms with Crippen molar-refractivity contribution in [1.29, 1.82) is 0 Å². The molecule has 4 N–H and O–H groups in total. The summed E-state index contributed by atoms with van der Waals surface area (Å²) in [7, 11) is 0. The van der Waals surface area contributed by atoms with Gasteiger partial charge in [0.1, 0.15) is 0 Å². The van der Waals surface area contributed by atoms with Gasteiger partial charge in [-0.15, -0.1) is 0 Å². The molecule has 0 unspecified atom stereocenters. The van der Waals surface area contributed by atoms with Crippen LogP contribution in [0.4, 0.5) is 0 Å². The SMILES string of the molecule is [O-][Te]([O-])(O)(O)(O)O. The van der Waals surface area contributed by atoms with E-state index in [1.807, 2.05) is 0 Å². The Balaban J connectivity index is 4.43. The van der Waals surface area contributed by atoms with Gasteiger partial charge in [0, 0.05) is 0 Å². The molecule has 0 heterocycles. The second kappa shape index (κ2) is 0.834. The Bertz CT molecular complexity index is 62.7. The summed E-state index contributed by atoms with van der Waals surface area (Å²) in [5.41, 5.74) is 0. The predicted octanol–water partition coefficient (Wildman–Crippen LogP) is -4.99. The van der Waals surface area contributed by atoms with E-state index in [-0.39, 0.29) is 0 Å². The molecule has 0 saturated carbocycles. The van der Waals surface area contributed by atoms with Crippen LogP contribution in [0.3, 0.4) is 0 Å². The van der Waals surface area contributed by atoms with Crippen molar-refractivity contribution in [3.63, 3.8) is 0 Å². The summed E-state index contributed by atoms with van der Waals surface area (Å²) in [6.07, 6.45) is 0. The molecule has 0 aliphatic heterocycles. The molecule has 0 aliphatic rings. The Morgan fingerprint density at radius 3 is 0.857 bits per heavy atom. The third-order valence-electron chi connectivity index (χ3n) is 0. The topological polar surface area (TPSA) is 127 Å². The molecule has 0 spiro atoms. The zero-order chi connectivity index (χ0) is 6.41. The molecule has 0 fully saturated rings. The van der Waals surface area contributed by atoms with Crippen LogP contribution in [0.2, 0.25) is 0 Å². The zero-order valence-corrected chi connectivity index (χ0v) is 5.34. The Labute approximate surface area is 39.3 Å². The van der Waals surface area contributed by atoms with E-state index in [1.54, 1.807) is 0 Å². The fourth-order valence-corrected chi connectivity index (χ4v) is 0. The van der Waals surface area contributed by atoms with Crippen molar-refractivity contribution in [3.8, 4) is 0 Å². The normalized spacial score (nSPS) is 23.1. The van der Waals surface area contributed by atoms with E-state index in [4.69, 9.17) is 20.8 Å². The van der Waals surface area contributed by atoms with Crippen LogP contribution >= 0.6 is 0 Å². The van der Waals surface area contributed by atoms with Crippen LogP contribution in [0.5, 0.6) is 0 Å². The first-order valence-corrected chi connectivity index (χ1v) is 7.14. The van der Waals surface area contributed by atoms with Gasteiger partial charge in [0.05, 0.1) is 0 Å². The first-order valence-electron chi connectivity index (χ1n) is 1.06. The minimum atomic E-state index is -8.68. The quantitative estimate of drug-likeness (QED) is 0.307. The minimum absolute atomic E-state index is 7.20. The van der Waals surface area contributed by atoms with Crippen molar-refractivity contribution in [3.05, 3.63) is 0 Å². The Morgan fingerprint density at radius 1 is 0.857 bits per heavy atom. The summed E-state index contributed by atoms with van der Waals surface area (Å²) in [6, 6.07) is 0. The molecule has 0 amide bonds. The summed E-state index contributed by atoms with van der Waals surface area (Å²) < 4.78 is 47.0. The van der Waals surface area contributed by atoms with Crippen molar-refractivity contribution in [1.82, 2.24) is 0 Å². The van der Waals surface area contributed by atoms with Crippen LogP contribution in [0.15, 0.2) is 0 Å². The van der Waals surface area contributed by atoms with E-state index < -0.39 is 17.9 Å². The van der Waals surface area contributed by atoms with Crippen molar-refractivity contribution in [2.24, 2.45) is 0 Å². The third kappa shape index (κ3) is 449. The maximum absolute atomic E-state index is 9.11. The molecule has 0 atom stereocenters. The summed E-state index contributed by atoms with van der Waals surface area (Å²) in [4.78, 5) is 0. The fraction of sp³-hybridized carbons (Fsp3) is 0. The molecule has 0 saturated heterocycles. The average Bonchev–Trinajstić information content (AvgIpc) is 0.592. The van der Waals surface area contributed by atoms with E-state index >= 15 is 0 Å². The van der Waals surface area contributed by atoms with Crippen LogP contribution < -0.4 is 6.94 Å². The number of hydrogen-bond donors (Lipinski definition) is 4. The first-order chi connectivity index (χ1) is 2.45. The van der Waals surface area contributed by atoms with Gasteiger partial charge in [0.2, 0.25) is 0 Å². The van der Waals surface area contributed by atoms with Gasteiger partial charge in [-0.3, -0.25) is 0 Å². The second-order valence-electron chi connectivity index (χ2n) is 1.15. The third-order valence-corrected chi connectivity index (χ3v) is 0. The van der Waals surface area contributed by atoms with Gasteiger partial charge in [0.25, 0.3) is 0 Å². The standard InChI is InChI=1S/H6O6Te/c1-7(2,3,4,5)6/h1-6H/p-2. The Morgan fingerprint density at radius 2 is 0.857 bits per heavy atom. The molecule has 6 nitrogen and oxygen atoms in total. The van der Waals surface area contributed by atoms with Crippen molar-refractivity contribution in [2.75, 3.05) is 0 Å².